The Labute approximate surface area is 131 Å². The molecule has 0 saturated heterocycles. The summed E-state index contributed by atoms with van der Waals surface area (Å²) in [6, 6.07) is 8.45. The average Bonchev–Trinajstić information content (AvgIpc) is 3.14. The zero-order valence-corrected chi connectivity index (χ0v) is 12.3. The zero-order valence-electron chi connectivity index (χ0n) is 12.3. The third-order valence-corrected chi connectivity index (χ3v) is 3.78. The highest BCUT2D eigenvalue weighted by atomic mass is 16.3. The van der Waals surface area contributed by atoms with Crippen LogP contribution in [0.2, 0.25) is 0 Å². The highest BCUT2D eigenvalue weighted by Crippen LogP contribution is 2.31. The smallest absolute Gasteiger partial charge is 0.300 e. The van der Waals surface area contributed by atoms with Gasteiger partial charge in [0, 0.05) is 6.42 Å². The van der Waals surface area contributed by atoms with Gasteiger partial charge < -0.3 is 4.42 Å². The second-order valence-corrected chi connectivity index (χ2v) is 5.25. The van der Waals surface area contributed by atoms with Gasteiger partial charge in [-0.3, -0.25) is 24.1 Å². The maximum atomic E-state index is 12.3. The Bertz CT molecular complexity index is 806. The van der Waals surface area contributed by atoms with Crippen LogP contribution in [-0.2, 0) is 9.59 Å². The van der Waals surface area contributed by atoms with E-state index in [0.717, 1.165) is 4.90 Å². The molecule has 0 fully saturated rings. The number of anilines is 1. The molecule has 6 nitrogen and oxygen atoms in total. The van der Waals surface area contributed by atoms with Gasteiger partial charge in [-0.05, 0) is 31.2 Å². The second kappa shape index (κ2) is 5.64. The molecule has 0 aliphatic carbocycles. The molecular formula is C17H13NO5. The van der Waals surface area contributed by atoms with Crippen LogP contribution in [0, 0.1) is 0 Å². The van der Waals surface area contributed by atoms with Gasteiger partial charge in [-0.25, -0.2) is 0 Å². The van der Waals surface area contributed by atoms with Crippen molar-refractivity contribution in [3.05, 3.63) is 54.0 Å². The van der Waals surface area contributed by atoms with E-state index in [1.165, 1.54) is 25.3 Å². The van der Waals surface area contributed by atoms with Crippen LogP contribution < -0.4 is 4.90 Å². The number of furan rings is 1. The first kappa shape index (κ1) is 14.9. The van der Waals surface area contributed by atoms with Crippen molar-refractivity contribution in [2.75, 3.05) is 4.90 Å². The number of para-hydroxylation sites is 1. The minimum absolute atomic E-state index is 0.113. The van der Waals surface area contributed by atoms with Gasteiger partial charge in [0.25, 0.3) is 11.7 Å². The average molecular weight is 311 g/mol. The number of hydrogen-bond donors (Lipinski definition) is 0. The summed E-state index contributed by atoms with van der Waals surface area (Å²) in [5.41, 5.74) is 0.601. The van der Waals surface area contributed by atoms with E-state index >= 15 is 0 Å². The number of carbonyl (C=O) groups is 4. The van der Waals surface area contributed by atoms with E-state index in [-0.39, 0.29) is 23.5 Å². The number of fused-ring (bicyclic) bond motifs is 1. The van der Waals surface area contributed by atoms with E-state index in [2.05, 4.69) is 0 Å². The molecule has 23 heavy (non-hydrogen) atoms. The third-order valence-electron chi connectivity index (χ3n) is 3.78. The molecule has 0 saturated carbocycles. The van der Waals surface area contributed by atoms with Crippen LogP contribution in [-0.4, -0.2) is 29.3 Å². The fourth-order valence-electron chi connectivity index (χ4n) is 2.65. The van der Waals surface area contributed by atoms with E-state index < -0.39 is 23.5 Å². The van der Waals surface area contributed by atoms with Gasteiger partial charge in [0.05, 0.1) is 17.5 Å². The van der Waals surface area contributed by atoms with Crippen LogP contribution in [0.25, 0.3) is 0 Å². The van der Waals surface area contributed by atoms with Crippen LogP contribution >= 0.6 is 0 Å². The van der Waals surface area contributed by atoms with Crippen molar-refractivity contribution < 1.29 is 23.6 Å². The quantitative estimate of drug-likeness (QED) is 0.623. The Hall–Kier alpha value is -3.02. The van der Waals surface area contributed by atoms with E-state index in [1.807, 2.05) is 0 Å². The summed E-state index contributed by atoms with van der Waals surface area (Å²) < 4.78 is 5.02. The lowest BCUT2D eigenvalue weighted by Gasteiger charge is -2.25. The number of rotatable bonds is 5. The number of Topliss-reactive ketones (excluding diaryl/α,β-unsaturated/α-hetero) is 3. The lowest BCUT2D eigenvalue weighted by Crippen LogP contribution is -2.45. The third kappa shape index (κ3) is 2.48. The van der Waals surface area contributed by atoms with Crippen molar-refractivity contribution in [1.82, 2.24) is 0 Å². The van der Waals surface area contributed by atoms with E-state index in [1.54, 1.807) is 24.3 Å². The Morgan fingerprint density at radius 2 is 1.87 bits per heavy atom. The number of amides is 1. The van der Waals surface area contributed by atoms with Crippen molar-refractivity contribution >= 4 is 28.9 Å². The molecule has 1 aliphatic rings. The minimum atomic E-state index is -1.03. The second-order valence-electron chi connectivity index (χ2n) is 5.25. The predicted octanol–water partition coefficient (Wildman–Crippen LogP) is 2.04. The maximum absolute atomic E-state index is 12.3. The van der Waals surface area contributed by atoms with Gasteiger partial charge in [-0.15, -0.1) is 0 Å². The SMILES string of the molecule is CC(=O)[C@H](CC(=O)c1ccco1)N1C(=O)C(=O)c2ccccc21. The van der Waals surface area contributed by atoms with Gasteiger partial charge in [0.1, 0.15) is 6.04 Å². The van der Waals surface area contributed by atoms with E-state index in [9.17, 15) is 19.2 Å². The van der Waals surface area contributed by atoms with Crippen LogP contribution in [0.1, 0.15) is 34.3 Å². The summed E-state index contributed by atoms with van der Waals surface area (Å²) >= 11 is 0. The maximum Gasteiger partial charge on any atom is 0.300 e. The molecule has 0 N–H and O–H groups in total. The molecule has 2 aromatic rings. The lowest BCUT2D eigenvalue weighted by molar-refractivity contribution is -0.121. The predicted molar refractivity (Wildman–Crippen MR) is 80.4 cm³/mol. The molecule has 0 bridgehead atoms. The van der Waals surface area contributed by atoms with Gasteiger partial charge in [-0.2, -0.15) is 0 Å². The Morgan fingerprint density at radius 3 is 2.52 bits per heavy atom. The highest BCUT2D eigenvalue weighted by molar-refractivity contribution is 6.52. The van der Waals surface area contributed by atoms with Gasteiger partial charge >= 0.3 is 0 Å². The molecule has 6 heteroatoms. The first-order valence-electron chi connectivity index (χ1n) is 7.04. The van der Waals surface area contributed by atoms with E-state index in [4.69, 9.17) is 4.42 Å². The molecular weight excluding hydrogens is 298 g/mol. The number of carbonyl (C=O) groups excluding carboxylic acids is 4. The number of nitrogens with zero attached hydrogens (tertiary/aromatic N) is 1. The van der Waals surface area contributed by atoms with Crippen molar-refractivity contribution in [1.29, 1.82) is 0 Å². The molecule has 0 unspecified atom stereocenters. The number of hydrogen-bond acceptors (Lipinski definition) is 5. The molecule has 0 spiro atoms. The summed E-state index contributed by atoms with van der Waals surface area (Å²) in [5, 5.41) is 0. The molecule has 1 atom stereocenters. The summed E-state index contributed by atoms with van der Waals surface area (Å²) in [6.07, 6.45) is 1.12. The summed E-state index contributed by atoms with van der Waals surface area (Å²) in [5.74, 6) is -2.12. The minimum Gasteiger partial charge on any atom is -0.461 e. The standard InChI is InChI=1S/C17H13NO5/c1-10(19)13(9-14(20)15-7-4-8-23-15)18-12-6-3-2-5-11(12)16(21)17(18)22/h2-8,13H,9H2,1H3/t13-/m0/s1. The van der Waals surface area contributed by atoms with Gasteiger partial charge in [-0.1, -0.05) is 12.1 Å². The monoisotopic (exact) mass is 311 g/mol. The topological polar surface area (TPSA) is 84.7 Å². The Kier molecular flexibility index (Phi) is 3.65. The van der Waals surface area contributed by atoms with Crippen LogP contribution in [0.4, 0.5) is 5.69 Å². The van der Waals surface area contributed by atoms with Crippen LogP contribution in [0.5, 0.6) is 0 Å². The van der Waals surface area contributed by atoms with Gasteiger partial charge in [0.2, 0.25) is 5.78 Å². The van der Waals surface area contributed by atoms with Crippen LogP contribution in [0.15, 0.2) is 47.1 Å². The first-order valence-corrected chi connectivity index (χ1v) is 7.04. The van der Waals surface area contributed by atoms with Crippen LogP contribution in [0.3, 0.4) is 0 Å². The largest absolute Gasteiger partial charge is 0.461 e. The Balaban J connectivity index is 1.96. The number of benzene rings is 1. The fourth-order valence-corrected chi connectivity index (χ4v) is 2.65. The van der Waals surface area contributed by atoms with Crippen molar-refractivity contribution in [3.63, 3.8) is 0 Å². The molecule has 1 amide bonds. The molecule has 2 heterocycles. The van der Waals surface area contributed by atoms with Crippen molar-refractivity contribution in [3.8, 4) is 0 Å². The lowest BCUT2D eigenvalue weighted by atomic mass is 10.0. The molecule has 116 valence electrons. The van der Waals surface area contributed by atoms with E-state index in [0.29, 0.717) is 5.69 Å². The highest BCUT2D eigenvalue weighted by Gasteiger charge is 2.42. The van der Waals surface area contributed by atoms with Crippen molar-refractivity contribution in [2.45, 2.75) is 19.4 Å². The van der Waals surface area contributed by atoms with Crippen molar-refractivity contribution in [2.24, 2.45) is 0 Å². The summed E-state index contributed by atoms with van der Waals surface area (Å²) in [6.45, 7) is 1.29. The molecule has 1 aromatic carbocycles. The van der Waals surface area contributed by atoms with Gasteiger partial charge in [0.15, 0.2) is 11.5 Å². The first-order chi connectivity index (χ1) is 11.0. The molecule has 3 rings (SSSR count). The summed E-state index contributed by atoms with van der Waals surface area (Å²) in [7, 11) is 0. The normalized spacial score (nSPS) is 14.7. The fraction of sp³-hybridized carbons (Fsp3) is 0.176. The summed E-state index contributed by atoms with van der Waals surface area (Å²) in [4.78, 5) is 49.6. The zero-order chi connectivity index (χ0) is 16.6. The molecule has 1 aliphatic heterocycles. The molecule has 1 aromatic heterocycles. The number of ketones is 3. The Morgan fingerprint density at radius 1 is 1.13 bits per heavy atom. The molecule has 0 radical (unpaired) electrons.